The topological polar surface area (TPSA) is 136 Å². The molecule has 2 aromatic heterocycles. The van der Waals surface area contributed by atoms with E-state index < -0.39 is 17.7 Å². The quantitative estimate of drug-likeness (QED) is 0.453. The number of aliphatic hydroxyl groups is 1. The van der Waals surface area contributed by atoms with Crippen LogP contribution in [0.15, 0.2) is 24.7 Å². The Bertz CT molecular complexity index is 924. The molecular weight excluding hydrogens is 401 g/mol. The smallest absolute Gasteiger partial charge is 0.257 e. The minimum atomic E-state index is -1.62. The monoisotopic (exact) mass is 429 g/mol. The minimum absolute atomic E-state index is 0.0205. The van der Waals surface area contributed by atoms with Gasteiger partial charge in [-0.05, 0) is 32.8 Å². The fourth-order valence-corrected chi connectivity index (χ4v) is 2.93. The van der Waals surface area contributed by atoms with Gasteiger partial charge in [-0.3, -0.25) is 4.79 Å². The summed E-state index contributed by atoms with van der Waals surface area (Å²) >= 11 is 0. The highest BCUT2D eigenvalue weighted by Crippen LogP contribution is 2.26. The first kappa shape index (κ1) is 24.0. The number of aromatic nitrogens is 3. The highest BCUT2D eigenvalue weighted by Gasteiger charge is 2.34. The minimum Gasteiger partial charge on any atom is -0.387 e. The molecule has 0 saturated heterocycles. The molecule has 0 aliphatic heterocycles. The summed E-state index contributed by atoms with van der Waals surface area (Å²) in [5, 5.41) is 27.8. The van der Waals surface area contributed by atoms with Crippen molar-refractivity contribution in [3.8, 4) is 6.07 Å². The summed E-state index contributed by atoms with van der Waals surface area (Å²) in [4.78, 5) is 25.3. The second-order valence-electron chi connectivity index (χ2n) is 7.40. The van der Waals surface area contributed by atoms with E-state index in [0.29, 0.717) is 11.3 Å². The zero-order valence-corrected chi connectivity index (χ0v) is 18.1. The van der Waals surface area contributed by atoms with Crippen molar-refractivity contribution in [2.45, 2.75) is 58.4 Å². The van der Waals surface area contributed by atoms with E-state index in [2.05, 4.69) is 30.9 Å². The third kappa shape index (κ3) is 6.08. The van der Waals surface area contributed by atoms with Crippen LogP contribution in [-0.2, 0) is 0 Å². The second kappa shape index (κ2) is 10.6. The number of hydrogen-bond acceptors (Lipinski definition) is 8. The number of nitrogens with one attached hydrogen (secondary N) is 3. The molecule has 1 atom stereocenters. The van der Waals surface area contributed by atoms with Gasteiger partial charge in [0, 0.05) is 12.2 Å². The Hall–Kier alpha value is -3.32. The Morgan fingerprint density at radius 2 is 1.90 bits per heavy atom. The number of nitrogens with zero attached hydrogens (tertiary/aromatic N) is 4. The number of amides is 1. The Labute approximate surface area is 181 Å². The fourth-order valence-electron chi connectivity index (χ4n) is 2.93. The van der Waals surface area contributed by atoms with Crippen LogP contribution in [0.2, 0.25) is 0 Å². The first-order valence-electron chi connectivity index (χ1n) is 10.1. The van der Waals surface area contributed by atoms with E-state index in [1.807, 2.05) is 19.9 Å². The van der Waals surface area contributed by atoms with Crippen molar-refractivity contribution < 1.29 is 14.3 Å². The lowest BCUT2D eigenvalue weighted by Crippen LogP contribution is -2.45. The predicted octanol–water partition coefficient (Wildman–Crippen LogP) is 2.93. The van der Waals surface area contributed by atoms with Crippen LogP contribution >= 0.6 is 0 Å². The van der Waals surface area contributed by atoms with Gasteiger partial charge in [0.1, 0.15) is 23.6 Å². The number of halogens is 1. The SMILES string of the molecule is CCC(O)(CC)C(F)CNC(=O)c1c(NC(C)C)ccnc1Nc1ncc(C#N)cn1. The number of pyridine rings is 1. The number of carbonyl (C=O) groups is 1. The molecule has 0 aliphatic rings. The molecule has 0 saturated carbocycles. The average molecular weight is 430 g/mol. The molecule has 1 unspecified atom stereocenters. The van der Waals surface area contributed by atoms with Crippen molar-refractivity contribution in [1.82, 2.24) is 20.3 Å². The normalized spacial score (nSPS) is 12.2. The lowest BCUT2D eigenvalue weighted by molar-refractivity contribution is -0.0399. The summed E-state index contributed by atoms with van der Waals surface area (Å²) in [7, 11) is 0. The Morgan fingerprint density at radius 3 is 2.45 bits per heavy atom. The molecule has 9 nitrogen and oxygen atoms in total. The summed E-state index contributed by atoms with van der Waals surface area (Å²) in [5.41, 5.74) is -0.554. The molecule has 0 radical (unpaired) electrons. The second-order valence-corrected chi connectivity index (χ2v) is 7.40. The zero-order valence-electron chi connectivity index (χ0n) is 18.1. The van der Waals surface area contributed by atoms with Crippen LogP contribution < -0.4 is 16.0 Å². The maximum Gasteiger partial charge on any atom is 0.257 e. The van der Waals surface area contributed by atoms with E-state index in [1.165, 1.54) is 18.6 Å². The van der Waals surface area contributed by atoms with Crippen molar-refractivity contribution in [2.75, 3.05) is 17.2 Å². The van der Waals surface area contributed by atoms with Crippen molar-refractivity contribution in [2.24, 2.45) is 0 Å². The van der Waals surface area contributed by atoms with Gasteiger partial charge in [-0.2, -0.15) is 5.26 Å². The number of carbonyl (C=O) groups excluding carboxylic acids is 1. The number of rotatable bonds is 10. The fraction of sp³-hybridized carbons (Fsp3) is 0.476. The predicted molar refractivity (Wildman–Crippen MR) is 116 cm³/mol. The van der Waals surface area contributed by atoms with Crippen molar-refractivity contribution in [3.63, 3.8) is 0 Å². The van der Waals surface area contributed by atoms with Gasteiger partial charge >= 0.3 is 0 Å². The third-order valence-electron chi connectivity index (χ3n) is 4.88. The molecule has 0 aliphatic carbocycles. The lowest BCUT2D eigenvalue weighted by Gasteiger charge is -2.29. The first-order valence-corrected chi connectivity index (χ1v) is 10.1. The highest BCUT2D eigenvalue weighted by molar-refractivity contribution is 6.04. The van der Waals surface area contributed by atoms with E-state index in [4.69, 9.17) is 5.26 Å². The molecule has 4 N–H and O–H groups in total. The van der Waals surface area contributed by atoms with Gasteiger partial charge in [0.15, 0.2) is 0 Å². The first-order chi connectivity index (χ1) is 14.7. The van der Waals surface area contributed by atoms with Gasteiger partial charge in [-0.15, -0.1) is 0 Å². The van der Waals surface area contributed by atoms with Crippen molar-refractivity contribution in [3.05, 3.63) is 35.8 Å². The molecule has 0 aromatic carbocycles. The summed E-state index contributed by atoms with van der Waals surface area (Å²) < 4.78 is 14.6. The van der Waals surface area contributed by atoms with E-state index in [9.17, 15) is 14.3 Å². The number of anilines is 3. The van der Waals surface area contributed by atoms with Crippen LogP contribution in [0.4, 0.5) is 21.8 Å². The molecule has 31 heavy (non-hydrogen) atoms. The van der Waals surface area contributed by atoms with E-state index in [0.717, 1.165) is 0 Å². The molecule has 166 valence electrons. The van der Waals surface area contributed by atoms with Crippen molar-refractivity contribution >= 4 is 23.4 Å². The average Bonchev–Trinajstić information content (AvgIpc) is 2.77. The molecule has 2 heterocycles. The number of nitriles is 1. The van der Waals surface area contributed by atoms with Crippen LogP contribution in [0, 0.1) is 11.3 Å². The van der Waals surface area contributed by atoms with Crippen LogP contribution in [0.3, 0.4) is 0 Å². The number of alkyl halides is 1. The Kier molecular flexibility index (Phi) is 8.22. The zero-order chi connectivity index (χ0) is 23.0. The summed E-state index contributed by atoms with van der Waals surface area (Å²) in [6, 6.07) is 3.59. The van der Waals surface area contributed by atoms with Gasteiger partial charge < -0.3 is 21.1 Å². The maximum atomic E-state index is 14.6. The molecule has 0 fully saturated rings. The van der Waals surface area contributed by atoms with Crippen LogP contribution in [0.1, 0.15) is 56.5 Å². The van der Waals surface area contributed by atoms with Gasteiger partial charge in [-0.1, -0.05) is 13.8 Å². The summed E-state index contributed by atoms with van der Waals surface area (Å²) in [6.07, 6.45) is 3.04. The number of hydrogen-bond donors (Lipinski definition) is 4. The lowest BCUT2D eigenvalue weighted by atomic mass is 9.91. The van der Waals surface area contributed by atoms with Crippen molar-refractivity contribution in [1.29, 1.82) is 5.26 Å². The molecule has 0 spiro atoms. The Morgan fingerprint density at radius 1 is 1.26 bits per heavy atom. The third-order valence-corrected chi connectivity index (χ3v) is 4.88. The van der Waals surface area contributed by atoms with Gasteiger partial charge in [-0.25, -0.2) is 19.3 Å². The van der Waals surface area contributed by atoms with E-state index in [1.54, 1.807) is 19.9 Å². The van der Waals surface area contributed by atoms with E-state index in [-0.39, 0.29) is 42.8 Å². The summed E-state index contributed by atoms with van der Waals surface area (Å²) in [6.45, 7) is 6.88. The maximum absolute atomic E-state index is 14.6. The summed E-state index contributed by atoms with van der Waals surface area (Å²) in [5.74, 6) is -0.244. The molecular formula is C21H28FN7O2. The van der Waals surface area contributed by atoms with Gasteiger partial charge in [0.25, 0.3) is 5.91 Å². The molecule has 10 heteroatoms. The highest BCUT2D eigenvalue weighted by atomic mass is 19.1. The Balaban J connectivity index is 2.31. The largest absolute Gasteiger partial charge is 0.387 e. The van der Waals surface area contributed by atoms with Gasteiger partial charge in [0.2, 0.25) is 5.95 Å². The molecule has 1 amide bonds. The van der Waals surface area contributed by atoms with Crippen LogP contribution in [0.25, 0.3) is 0 Å². The molecule has 2 rings (SSSR count). The van der Waals surface area contributed by atoms with E-state index >= 15 is 0 Å². The van der Waals surface area contributed by atoms with Crippen LogP contribution in [0.5, 0.6) is 0 Å². The molecule has 0 bridgehead atoms. The standard InChI is InChI=1S/C21H28FN7O2/c1-5-21(31,6-2)16(22)12-25-19(30)17-15(28-13(3)4)7-8-24-18(17)29-20-26-10-14(9-23)11-27-20/h7-8,10-11,13,16,31H,5-6,12H2,1-4H3,(H,25,30)(H2,24,26,27,28,29). The molecule has 2 aromatic rings. The van der Waals surface area contributed by atoms with Crippen LogP contribution in [-0.4, -0.2) is 50.3 Å². The van der Waals surface area contributed by atoms with Gasteiger partial charge in [0.05, 0.1) is 35.8 Å².